The SMILES string of the molecule is CCC(C)(OC)c1nc(=S)c(Br)c(CC(C)C)[nH]1. The maximum absolute atomic E-state index is 5.57. The molecule has 1 heterocycles. The molecule has 1 unspecified atom stereocenters. The van der Waals surface area contributed by atoms with Crippen LogP contribution in [0.1, 0.15) is 45.6 Å². The summed E-state index contributed by atoms with van der Waals surface area (Å²) in [7, 11) is 1.70. The normalized spacial score (nSPS) is 14.8. The number of hydrogen-bond donors (Lipinski definition) is 1. The number of H-pyrrole nitrogens is 1. The summed E-state index contributed by atoms with van der Waals surface area (Å²) in [6.07, 6.45) is 1.77. The molecule has 0 aliphatic rings. The third kappa shape index (κ3) is 3.39. The van der Waals surface area contributed by atoms with Crippen LogP contribution in [0.3, 0.4) is 0 Å². The van der Waals surface area contributed by atoms with Crippen LogP contribution in [-0.4, -0.2) is 17.1 Å². The molecule has 102 valence electrons. The average molecular weight is 333 g/mol. The van der Waals surface area contributed by atoms with Crippen LogP contribution in [0.5, 0.6) is 0 Å². The number of methoxy groups -OCH3 is 1. The Bertz CT molecular complexity index is 467. The fraction of sp³-hybridized carbons (Fsp3) is 0.692. The highest BCUT2D eigenvalue weighted by atomic mass is 79.9. The summed E-state index contributed by atoms with van der Waals surface area (Å²) in [5.74, 6) is 1.36. The van der Waals surface area contributed by atoms with E-state index in [2.05, 4.69) is 46.7 Å². The van der Waals surface area contributed by atoms with Crippen LogP contribution in [0.2, 0.25) is 0 Å². The van der Waals surface area contributed by atoms with Gasteiger partial charge in [0.05, 0.1) is 4.47 Å². The standard InChI is InChI=1S/C13H21BrN2OS/c1-6-13(4,17-5)12-15-9(7-8(2)3)10(14)11(18)16-12/h8H,6-7H2,1-5H3,(H,15,16,18). The summed E-state index contributed by atoms with van der Waals surface area (Å²) < 4.78 is 7.06. The van der Waals surface area contributed by atoms with Gasteiger partial charge in [0.1, 0.15) is 16.1 Å². The van der Waals surface area contributed by atoms with Gasteiger partial charge in [0.15, 0.2) is 0 Å². The Labute approximate surface area is 122 Å². The maximum atomic E-state index is 5.57. The van der Waals surface area contributed by atoms with E-state index in [0.29, 0.717) is 10.6 Å². The molecule has 0 saturated carbocycles. The topological polar surface area (TPSA) is 37.9 Å². The highest BCUT2D eigenvalue weighted by Crippen LogP contribution is 2.28. The Morgan fingerprint density at radius 1 is 1.50 bits per heavy atom. The molecule has 0 radical (unpaired) electrons. The molecular formula is C13H21BrN2OS. The van der Waals surface area contributed by atoms with Gasteiger partial charge in [-0.15, -0.1) is 0 Å². The molecule has 0 fully saturated rings. The van der Waals surface area contributed by atoms with Crippen LogP contribution in [0, 0.1) is 10.6 Å². The largest absolute Gasteiger partial charge is 0.371 e. The minimum absolute atomic E-state index is 0.417. The minimum atomic E-state index is -0.417. The van der Waals surface area contributed by atoms with Crippen LogP contribution in [-0.2, 0) is 16.8 Å². The molecule has 1 rings (SSSR count). The van der Waals surface area contributed by atoms with Gasteiger partial charge in [-0.25, -0.2) is 4.98 Å². The predicted molar refractivity (Wildman–Crippen MR) is 80.3 cm³/mol. The van der Waals surface area contributed by atoms with Crippen molar-refractivity contribution in [2.24, 2.45) is 5.92 Å². The summed E-state index contributed by atoms with van der Waals surface area (Å²) in [6, 6.07) is 0. The number of nitrogens with one attached hydrogen (secondary N) is 1. The van der Waals surface area contributed by atoms with Crippen LogP contribution in [0.15, 0.2) is 4.47 Å². The Morgan fingerprint density at radius 2 is 2.11 bits per heavy atom. The molecular weight excluding hydrogens is 312 g/mol. The molecule has 3 nitrogen and oxygen atoms in total. The van der Waals surface area contributed by atoms with Crippen molar-refractivity contribution in [1.82, 2.24) is 9.97 Å². The van der Waals surface area contributed by atoms with E-state index in [4.69, 9.17) is 17.0 Å². The lowest BCUT2D eigenvalue weighted by Crippen LogP contribution is -2.27. The van der Waals surface area contributed by atoms with E-state index < -0.39 is 5.60 Å². The lowest BCUT2D eigenvalue weighted by molar-refractivity contribution is -0.00930. The Hall–Kier alpha value is -0.260. The number of aromatic nitrogens is 2. The molecule has 5 heteroatoms. The van der Waals surface area contributed by atoms with Gasteiger partial charge in [-0.1, -0.05) is 33.0 Å². The first-order chi connectivity index (χ1) is 8.34. The van der Waals surface area contributed by atoms with E-state index >= 15 is 0 Å². The summed E-state index contributed by atoms with van der Waals surface area (Å²) in [6.45, 7) is 8.46. The van der Waals surface area contributed by atoms with Crippen molar-refractivity contribution in [3.8, 4) is 0 Å². The number of ether oxygens (including phenoxy) is 1. The average Bonchev–Trinajstić information content (AvgIpc) is 2.33. The van der Waals surface area contributed by atoms with Crippen LogP contribution >= 0.6 is 28.1 Å². The number of hydrogen-bond acceptors (Lipinski definition) is 3. The molecule has 0 amide bonds. The smallest absolute Gasteiger partial charge is 0.144 e. The first kappa shape index (κ1) is 15.8. The summed E-state index contributed by atoms with van der Waals surface area (Å²) >= 11 is 8.83. The third-order valence-electron chi connectivity index (χ3n) is 3.17. The van der Waals surface area contributed by atoms with Crippen LogP contribution in [0.25, 0.3) is 0 Å². The zero-order valence-corrected chi connectivity index (χ0v) is 14.0. The second-order valence-corrected chi connectivity index (χ2v) is 6.25. The molecule has 0 aromatic carbocycles. The van der Waals surface area contributed by atoms with Gasteiger partial charge in [0.25, 0.3) is 0 Å². The van der Waals surface area contributed by atoms with Gasteiger partial charge in [0.2, 0.25) is 0 Å². The van der Waals surface area contributed by atoms with E-state index in [9.17, 15) is 0 Å². The predicted octanol–water partition coefficient (Wildman–Crippen LogP) is 4.37. The lowest BCUT2D eigenvalue weighted by Gasteiger charge is -2.26. The van der Waals surface area contributed by atoms with E-state index in [1.165, 1.54) is 0 Å². The highest BCUT2D eigenvalue weighted by molar-refractivity contribution is 9.10. The van der Waals surface area contributed by atoms with Gasteiger partial charge >= 0.3 is 0 Å². The zero-order chi connectivity index (χ0) is 13.9. The molecule has 0 saturated heterocycles. The van der Waals surface area contributed by atoms with Crippen molar-refractivity contribution in [1.29, 1.82) is 0 Å². The molecule has 1 atom stereocenters. The van der Waals surface area contributed by atoms with Gasteiger partial charge in [-0.3, -0.25) is 0 Å². The van der Waals surface area contributed by atoms with Crippen LogP contribution < -0.4 is 0 Å². The number of aromatic amines is 1. The Morgan fingerprint density at radius 3 is 2.56 bits per heavy atom. The molecule has 1 aromatic heterocycles. The fourth-order valence-corrected chi connectivity index (χ4v) is 2.28. The van der Waals surface area contributed by atoms with E-state index in [-0.39, 0.29) is 0 Å². The lowest BCUT2D eigenvalue weighted by atomic mass is 10.0. The van der Waals surface area contributed by atoms with Crippen molar-refractivity contribution >= 4 is 28.1 Å². The summed E-state index contributed by atoms with van der Waals surface area (Å²) in [5, 5.41) is 0. The molecule has 1 aromatic rings. The monoisotopic (exact) mass is 332 g/mol. The van der Waals surface area contributed by atoms with E-state index in [1.807, 2.05) is 6.92 Å². The highest BCUT2D eigenvalue weighted by Gasteiger charge is 2.27. The quantitative estimate of drug-likeness (QED) is 0.813. The third-order valence-corrected chi connectivity index (χ3v) is 4.59. The van der Waals surface area contributed by atoms with E-state index in [1.54, 1.807) is 7.11 Å². The summed E-state index contributed by atoms with van der Waals surface area (Å²) in [4.78, 5) is 7.82. The zero-order valence-electron chi connectivity index (χ0n) is 11.6. The van der Waals surface area contributed by atoms with Gasteiger partial charge in [-0.2, -0.15) is 0 Å². The first-order valence-electron chi connectivity index (χ1n) is 6.18. The Balaban J connectivity index is 3.32. The van der Waals surface area contributed by atoms with Crippen molar-refractivity contribution in [3.63, 3.8) is 0 Å². The second kappa shape index (κ2) is 6.26. The van der Waals surface area contributed by atoms with Crippen molar-refractivity contribution in [2.75, 3.05) is 7.11 Å². The van der Waals surface area contributed by atoms with Crippen molar-refractivity contribution in [3.05, 3.63) is 20.6 Å². The summed E-state index contributed by atoms with van der Waals surface area (Å²) in [5.41, 5.74) is 0.678. The molecule has 18 heavy (non-hydrogen) atoms. The van der Waals surface area contributed by atoms with Crippen molar-refractivity contribution in [2.45, 2.75) is 46.1 Å². The molecule has 0 spiro atoms. The minimum Gasteiger partial charge on any atom is -0.371 e. The number of nitrogens with zero attached hydrogens (tertiary/aromatic N) is 1. The van der Waals surface area contributed by atoms with Gasteiger partial charge in [0, 0.05) is 12.8 Å². The molecule has 0 bridgehead atoms. The molecule has 0 aliphatic heterocycles. The van der Waals surface area contributed by atoms with Gasteiger partial charge in [-0.05, 0) is 41.6 Å². The van der Waals surface area contributed by atoms with E-state index in [0.717, 1.165) is 28.8 Å². The molecule has 0 aliphatic carbocycles. The van der Waals surface area contributed by atoms with Gasteiger partial charge < -0.3 is 9.72 Å². The first-order valence-corrected chi connectivity index (χ1v) is 7.38. The number of rotatable bonds is 5. The number of halogens is 1. The fourth-order valence-electron chi connectivity index (χ4n) is 1.71. The molecule has 1 N–H and O–H groups in total. The second-order valence-electron chi connectivity index (χ2n) is 5.07. The van der Waals surface area contributed by atoms with Crippen LogP contribution in [0.4, 0.5) is 0 Å². The Kier molecular flexibility index (Phi) is 5.49. The maximum Gasteiger partial charge on any atom is 0.144 e. The van der Waals surface area contributed by atoms with Crippen molar-refractivity contribution < 1.29 is 4.74 Å².